The second-order valence-electron chi connectivity index (χ2n) is 6.20. The van der Waals surface area contributed by atoms with Gasteiger partial charge in [0.25, 0.3) is 5.91 Å². The highest BCUT2D eigenvalue weighted by molar-refractivity contribution is 6.02. The van der Waals surface area contributed by atoms with Crippen molar-refractivity contribution < 1.29 is 9.53 Å². The normalized spacial score (nSPS) is 16.5. The van der Waals surface area contributed by atoms with Crippen LogP contribution in [0.2, 0.25) is 0 Å². The van der Waals surface area contributed by atoms with Crippen LogP contribution in [-0.2, 0) is 4.74 Å². The fourth-order valence-corrected chi connectivity index (χ4v) is 2.60. The van der Waals surface area contributed by atoms with Gasteiger partial charge in [-0.2, -0.15) is 0 Å². The van der Waals surface area contributed by atoms with Gasteiger partial charge in [-0.1, -0.05) is 0 Å². The van der Waals surface area contributed by atoms with Crippen molar-refractivity contribution in [2.75, 3.05) is 42.8 Å². The molecule has 1 amide bonds. The van der Waals surface area contributed by atoms with Crippen LogP contribution >= 0.6 is 0 Å². The first kappa shape index (κ1) is 17.2. The number of carbonyl (C=O) groups excluding carboxylic acids is 1. The summed E-state index contributed by atoms with van der Waals surface area (Å²) in [5.41, 5.74) is 2.07. The van der Waals surface area contributed by atoms with Crippen LogP contribution in [0.15, 0.2) is 36.7 Å². The third-order valence-electron chi connectivity index (χ3n) is 4.06. The van der Waals surface area contributed by atoms with Gasteiger partial charge in [0.1, 0.15) is 11.5 Å². The third kappa shape index (κ3) is 4.67. The number of nitrogens with one attached hydrogen (secondary N) is 2. The number of anilines is 3. The summed E-state index contributed by atoms with van der Waals surface area (Å²) in [4.78, 5) is 22.7. The maximum atomic E-state index is 12.2. The lowest BCUT2D eigenvalue weighted by Crippen LogP contribution is -2.19. The van der Waals surface area contributed by atoms with Crippen molar-refractivity contribution in [3.63, 3.8) is 0 Å². The van der Waals surface area contributed by atoms with Crippen LogP contribution in [0.3, 0.4) is 0 Å². The monoisotopic (exact) mass is 341 g/mol. The number of hydrogen-bond donors (Lipinski definition) is 2. The molecule has 2 N–H and O–H groups in total. The van der Waals surface area contributed by atoms with Crippen LogP contribution in [-0.4, -0.2) is 49.2 Å². The van der Waals surface area contributed by atoms with Crippen molar-refractivity contribution in [1.29, 1.82) is 0 Å². The van der Waals surface area contributed by atoms with Gasteiger partial charge in [0.2, 0.25) is 0 Å². The number of ether oxygens (including phenoxy) is 1. The Morgan fingerprint density at radius 2 is 2.04 bits per heavy atom. The van der Waals surface area contributed by atoms with Crippen LogP contribution in [0.1, 0.15) is 23.3 Å². The molecule has 2 heterocycles. The summed E-state index contributed by atoms with van der Waals surface area (Å²) in [5.74, 6) is 0.359. The molecule has 7 heteroatoms. The highest BCUT2D eigenvalue weighted by Gasteiger charge is 2.15. The van der Waals surface area contributed by atoms with Crippen LogP contribution in [0.5, 0.6) is 0 Å². The molecule has 0 spiro atoms. The minimum atomic E-state index is -0.282. The number of hydrogen-bond acceptors (Lipinski definition) is 6. The minimum absolute atomic E-state index is 0.231. The van der Waals surface area contributed by atoms with Crippen LogP contribution in [0.4, 0.5) is 17.2 Å². The third-order valence-corrected chi connectivity index (χ3v) is 4.06. The molecule has 1 fully saturated rings. The molecule has 0 radical (unpaired) electrons. The number of amides is 1. The number of nitrogens with zero attached hydrogens (tertiary/aromatic N) is 3. The first-order valence-corrected chi connectivity index (χ1v) is 8.38. The lowest BCUT2D eigenvalue weighted by atomic mass is 10.2. The molecule has 0 aliphatic carbocycles. The molecule has 25 heavy (non-hydrogen) atoms. The van der Waals surface area contributed by atoms with Crippen molar-refractivity contribution in [3.05, 3.63) is 42.4 Å². The van der Waals surface area contributed by atoms with Gasteiger partial charge >= 0.3 is 0 Å². The molecular formula is C18H23N5O2. The molecule has 3 rings (SSSR count). The first-order valence-electron chi connectivity index (χ1n) is 8.38. The summed E-state index contributed by atoms with van der Waals surface area (Å²) in [6.45, 7) is 1.53. The number of rotatable bonds is 6. The van der Waals surface area contributed by atoms with Crippen molar-refractivity contribution in [3.8, 4) is 0 Å². The van der Waals surface area contributed by atoms with E-state index in [0.29, 0.717) is 12.4 Å². The molecule has 7 nitrogen and oxygen atoms in total. The van der Waals surface area contributed by atoms with Crippen LogP contribution in [0, 0.1) is 0 Å². The summed E-state index contributed by atoms with van der Waals surface area (Å²) in [5, 5.41) is 6.00. The summed E-state index contributed by atoms with van der Waals surface area (Å²) in [6, 6.07) is 7.61. The van der Waals surface area contributed by atoms with Gasteiger partial charge in [-0.05, 0) is 37.1 Å². The highest BCUT2D eigenvalue weighted by Crippen LogP contribution is 2.16. The van der Waals surface area contributed by atoms with E-state index in [1.165, 1.54) is 6.20 Å². The Morgan fingerprint density at radius 1 is 1.24 bits per heavy atom. The van der Waals surface area contributed by atoms with Gasteiger partial charge in [-0.15, -0.1) is 0 Å². The largest absolute Gasteiger partial charge is 0.378 e. The predicted molar refractivity (Wildman–Crippen MR) is 98.2 cm³/mol. The zero-order valence-electron chi connectivity index (χ0n) is 14.5. The molecule has 1 aromatic heterocycles. The Balaban J connectivity index is 1.54. The van der Waals surface area contributed by atoms with Gasteiger partial charge in [0, 0.05) is 38.6 Å². The fraction of sp³-hybridized carbons (Fsp3) is 0.389. The Kier molecular flexibility index (Phi) is 5.45. The average Bonchev–Trinajstić information content (AvgIpc) is 3.14. The predicted octanol–water partition coefficient (Wildman–Crippen LogP) is 2.39. The lowest BCUT2D eigenvalue weighted by Gasteiger charge is -2.13. The van der Waals surface area contributed by atoms with Crippen LogP contribution < -0.4 is 15.5 Å². The molecule has 1 aliphatic heterocycles. The van der Waals surface area contributed by atoms with E-state index in [4.69, 9.17) is 4.74 Å². The SMILES string of the molecule is CN(C)c1ccc(NC(=O)c2cnc(NCC3CCCO3)cn2)cc1. The van der Waals surface area contributed by atoms with Crippen molar-refractivity contribution in [1.82, 2.24) is 9.97 Å². The second-order valence-corrected chi connectivity index (χ2v) is 6.20. The van der Waals surface area contributed by atoms with E-state index in [9.17, 15) is 4.79 Å². The number of carbonyl (C=O) groups is 1. The van der Waals surface area contributed by atoms with Gasteiger partial charge in [-0.25, -0.2) is 9.97 Å². The van der Waals surface area contributed by atoms with Gasteiger partial charge in [0.05, 0.1) is 18.5 Å². The molecule has 1 saturated heterocycles. The lowest BCUT2D eigenvalue weighted by molar-refractivity contribution is 0.102. The second kappa shape index (κ2) is 7.94. The zero-order chi connectivity index (χ0) is 17.6. The average molecular weight is 341 g/mol. The van der Waals surface area contributed by atoms with E-state index in [-0.39, 0.29) is 17.7 Å². The quantitative estimate of drug-likeness (QED) is 0.840. The summed E-state index contributed by atoms with van der Waals surface area (Å²) in [7, 11) is 3.94. The topological polar surface area (TPSA) is 79.4 Å². The molecule has 1 unspecified atom stereocenters. The molecule has 0 bridgehead atoms. The Labute approximate surface area is 147 Å². The van der Waals surface area contributed by atoms with E-state index in [1.807, 2.05) is 43.3 Å². The van der Waals surface area contributed by atoms with Crippen LogP contribution in [0.25, 0.3) is 0 Å². The molecule has 0 saturated carbocycles. The van der Waals surface area contributed by atoms with Crippen molar-refractivity contribution in [2.45, 2.75) is 18.9 Å². The Bertz CT molecular complexity index is 694. The van der Waals surface area contributed by atoms with E-state index in [0.717, 1.165) is 30.8 Å². The van der Waals surface area contributed by atoms with Crippen molar-refractivity contribution in [2.24, 2.45) is 0 Å². The summed E-state index contributed by atoms with van der Waals surface area (Å²) in [6.07, 6.45) is 5.44. The van der Waals surface area contributed by atoms with Gasteiger partial charge in [0.15, 0.2) is 0 Å². The highest BCUT2D eigenvalue weighted by atomic mass is 16.5. The van der Waals surface area contributed by atoms with Gasteiger partial charge in [-0.3, -0.25) is 4.79 Å². The molecule has 1 aromatic carbocycles. The standard InChI is InChI=1S/C18H23N5O2/c1-23(2)14-7-5-13(6-8-14)22-18(24)16-11-21-17(12-19-16)20-10-15-4-3-9-25-15/h5-8,11-12,15H,3-4,9-10H2,1-2H3,(H,20,21)(H,22,24). The molecule has 1 atom stereocenters. The van der Waals surface area contributed by atoms with E-state index in [2.05, 4.69) is 20.6 Å². The Morgan fingerprint density at radius 3 is 2.64 bits per heavy atom. The maximum Gasteiger partial charge on any atom is 0.275 e. The molecule has 2 aromatic rings. The summed E-state index contributed by atoms with van der Waals surface area (Å²) >= 11 is 0. The number of benzene rings is 1. The van der Waals surface area contributed by atoms with E-state index < -0.39 is 0 Å². The molecule has 132 valence electrons. The fourth-order valence-electron chi connectivity index (χ4n) is 2.60. The van der Waals surface area contributed by atoms with E-state index in [1.54, 1.807) is 6.20 Å². The summed E-state index contributed by atoms with van der Waals surface area (Å²) < 4.78 is 5.55. The van der Waals surface area contributed by atoms with E-state index >= 15 is 0 Å². The minimum Gasteiger partial charge on any atom is -0.378 e. The molecular weight excluding hydrogens is 318 g/mol. The number of aromatic nitrogens is 2. The van der Waals surface area contributed by atoms with Gasteiger partial charge < -0.3 is 20.3 Å². The van der Waals surface area contributed by atoms with Crippen molar-refractivity contribution >= 4 is 23.1 Å². The maximum absolute atomic E-state index is 12.2. The Hall–Kier alpha value is -2.67. The zero-order valence-corrected chi connectivity index (χ0v) is 14.5. The smallest absolute Gasteiger partial charge is 0.275 e. The molecule has 1 aliphatic rings. The first-order chi connectivity index (χ1) is 12.1.